The molecule has 41 heavy (non-hydrogen) atoms. The number of fused-ring (bicyclic) bond motifs is 2. The topological polar surface area (TPSA) is 105 Å². The average Bonchev–Trinajstić information content (AvgIpc) is 3.58. The van der Waals surface area contributed by atoms with Gasteiger partial charge in [0.25, 0.3) is 5.91 Å². The van der Waals surface area contributed by atoms with E-state index in [1.807, 2.05) is 0 Å². The van der Waals surface area contributed by atoms with Gasteiger partial charge in [0.1, 0.15) is 0 Å². The summed E-state index contributed by atoms with van der Waals surface area (Å²) in [6.07, 6.45) is 3.69. The number of alkyl halides is 3. The van der Waals surface area contributed by atoms with Gasteiger partial charge >= 0.3 is 12.1 Å². The Bertz CT molecular complexity index is 1340. The summed E-state index contributed by atoms with van der Waals surface area (Å²) < 4.78 is 44.4. The van der Waals surface area contributed by atoms with Crippen LogP contribution < -0.4 is 0 Å². The summed E-state index contributed by atoms with van der Waals surface area (Å²) in [5.41, 5.74) is -2.03. The zero-order valence-electron chi connectivity index (χ0n) is 22.5. The minimum Gasteiger partial charge on any atom is -0.481 e. The molecule has 0 radical (unpaired) electrons. The van der Waals surface area contributed by atoms with Gasteiger partial charge in [0.2, 0.25) is 0 Å². The summed E-state index contributed by atoms with van der Waals surface area (Å²) in [6.45, 7) is 1.80. The number of amides is 1. The predicted molar refractivity (Wildman–Crippen MR) is 144 cm³/mol. The molecule has 0 unspecified atom stereocenters. The summed E-state index contributed by atoms with van der Waals surface area (Å²) in [4.78, 5) is 43.8. The minimum absolute atomic E-state index is 0.0110. The number of nitrogens with zero attached hydrogens (tertiary/aromatic N) is 4. The van der Waals surface area contributed by atoms with Gasteiger partial charge in [-0.05, 0) is 68.6 Å². The Morgan fingerprint density at radius 3 is 2.17 bits per heavy atom. The van der Waals surface area contributed by atoms with E-state index in [1.165, 1.54) is 17.3 Å². The third-order valence-corrected chi connectivity index (χ3v) is 9.86. The van der Waals surface area contributed by atoms with E-state index in [9.17, 15) is 32.7 Å². The summed E-state index contributed by atoms with van der Waals surface area (Å²) in [5, 5.41) is 13.3. The third-order valence-electron chi connectivity index (χ3n) is 9.29. The number of carbonyl (C=O) groups is 3. The monoisotopic (exact) mass is 614 g/mol. The minimum atomic E-state index is -4.91. The second kappa shape index (κ2) is 10.9. The maximum atomic E-state index is 14.5. The van der Waals surface area contributed by atoms with Gasteiger partial charge in [-0.25, -0.2) is 0 Å². The molecule has 8 nitrogen and oxygen atoms in total. The largest absolute Gasteiger partial charge is 0.481 e. The quantitative estimate of drug-likeness (QED) is 0.331. The summed E-state index contributed by atoms with van der Waals surface area (Å²) in [5.74, 6) is -3.13. The number of carboxylic acid groups (broad SMARTS) is 1. The van der Waals surface area contributed by atoms with Crippen molar-refractivity contribution < 1.29 is 32.7 Å². The molecule has 3 aliphatic rings. The lowest BCUT2D eigenvalue weighted by atomic mass is 9.82. The average molecular weight is 615 g/mol. The number of Topliss-reactive ketones (excluding diaryl/α,β-unsaturated/α-hetero) is 1. The van der Waals surface area contributed by atoms with Crippen molar-refractivity contribution in [3.05, 3.63) is 45.5 Å². The van der Waals surface area contributed by atoms with Crippen LogP contribution in [0.4, 0.5) is 13.2 Å². The SMILES string of the molecule is CC12CCC(CN(CC(=O)c3c(Cl)cncc3Cl)C(=O)c3cnn([C@H]4CC[C@H](C(=O)O)CC4)c3C(F)(F)F)(CC1)C2. The van der Waals surface area contributed by atoms with E-state index in [2.05, 4.69) is 17.0 Å². The van der Waals surface area contributed by atoms with E-state index in [4.69, 9.17) is 23.2 Å². The molecular formula is C28H31Cl2F3N4O4. The zero-order chi connectivity index (χ0) is 29.7. The number of ketones is 1. The summed E-state index contributed by atoms with van der Waals surface area (Å²) in [6, 6.07) is -0.697. The molecule has 0 aromatic carbocycles. The Balaban J connectivity index is 1.49. The molecule has 2 bridgehead atoms. The summed E-state index contributed by atoms with van der Waals surface area (Å²) in [7, 11) is 0. The van der Waals surface area contributed by atoms with Gasteiger partial charge < -0.3 is 10.0 Å². The molecule has 3 saturated carbocycles. The first-order valence-corrected chi connectivity index (χ1v) is 14.5. The van der Waals surface area contributed by atoms with Crippen molar-refractivity contribution in [2.24, 2.45) is 16.7 Å². The van der Waals surface area contributed by atoms with Crippen LogP contribution in [0.3, 0.4) is 0 Å². The molecule has 222 valence electrons. The molecule has 0 spiro atoms. The van der Waals surface area contributed by atoms with Gasteiger partial charge in [-0.2, -0.15) is 18.3 Å². The van der Waals surface area contributed by atoms with Gasteiger partial charge in [-0.15, -0.1) is 0 Å². The standard InChI is InChI=1S/C28H31Cl2F3N4O4/c1-26-6-8-27(14-26,9-7-26)15-36(13-21(38)22-19(29)11-34-12-20(22)30)24(39)18-10-35-37(23(18)28(31,32)33)17-4-2-16(3-5-17)25(40)41/h10-12,16-17H,2-9,13-15H2,1H3,(H,40,41)/t16-,17-,26?,27?. The first-order chi connectivity index (χ1) is 19.2. The van der Waals surface area contributed by atoms with Crippen molar-refractivity contribution in [2.75, 3.05) is 13.1 Å². The highest BCUT2D eigenvalue weighted by Gasteiger charge is 2.53. The Morgan fingerprint density at radius 1 is 1.05 bits per heavy atom. The van der Waals surface area contributed by atoms with Crippen LogP contribution in [0.25, 0.3) is 0 Å². The Morgan fingerprint density at radius 2 is 1.66 bits per heavy atom. The number of rotatable bonds is 8. The first-order valence-electron chi connectivity index (χ1n) is 13.7. The fourth-order valence-electron chi connectivity index (χ4n) is 7.21. The maximum Gasteiger partial charge on any atom is 0.433 e. The Hall–Kier alpha value is -2.66. The van der Waals surface area contributed by atoms with Crippen LogP contribution in [0.15, 0.2) is 18.6 Å². The van der Waals surface area contributed by atoms with E-state index in [-0.39, 0.29) is 58.7 Å². The van der Waals surface area contributed by atoms with Crippen LogP contribution in [-0.2, 0) is 11.0 Å². The number of carboxylic acids is 1. The van der Waals surface area contributed by atoms with Crippen molar-refractivity contribution in [2.45, 2.75) is 76.9 Å². The Kier molecular flexibility index (Phi) is 7.91. The highest BCUT2D eigenvalue weighted by molar-refractivity contribution is 6.39. The number of aliphatic carboxylic acids is 1. The van der Waals surface area contributed by atoms with E-state index < -0.39 is 53.6 Å². The molecule has 0 aliphatic heterocycles. The molecule has 3 aliphatic carbocycles. The van der Waals surface area contributed by atoms with E-state index in [1.54, 1.807) is 0 Å². The van der Waals surface area contributed by atoms with Gasteiger partial charge in [0.05, 0.1) is 45.9 Å². The Labute approximate surface area is 245 Å². The van der Waals surface area contributed by atoms with Crippen LogP contribution in [0.1, 0.15) is 97.2 Å². The molecule has 0 saturated heterocycles. The van der Waals surface area contributed by atoms with E-state index in [0.29, 0.717) is 0 Å². The molecule has 13 heteroatoms. The smallest absolute Gasteiger partial charge is 0.433 e. The van der Waals surface area contributed by atoms with Crippen LogP contribution in [0.5, 0.6) is 0 Å². The van der Waals surface area contributed by atoms with Crippen LogP contribution in [-0.4, -0.2) is 55.5 Å². The third kappa shape index (κ3) is 5.84. The molecule has 2 aromatic heterocycles. The number of pyridine rings is 1. The summed E-state index contributed by atoms with van der Waals surface area (Å²) >= 11 is 12.4. The van der Waals surface area contributed by atoms with Crippen molar-refractivity contribution in [1.82, 2.24) is 19.7 Å². The number of aromatic nitrogens is 3. The fraction of sp³-hybridized carbons (Fsp3) is 0.607. The molecule has 2 aromatic rings. The molecule has 1 N–H and O–H groups in total. The van der Waals surface area contributed by atoms with Crippen molar-refractivity contribution in [1.29, 1.82) is 0 Å². The fourth-order valence-corrected chi connectivity index (χ4v) is 7.78. The van der Waals surface area contributed by atoms with Gasteiger partial charge in [-0.3, -0.25) is 24.0 Å². The maximum absolute atomic E-state index is 14.5. The van der Waals surface area contributed by atoms with Crippen molar-refractivity contribution >= 4 is 40.9 Å². The second-order valence-electron chi connectivity index (χ2n) is 12.2. The highest BCUT2D eigenvalue weighted by atomic mass is 35.5. The number of hydrogen-bond acceptors (Lipinski definition) is 5. The van der Waals surface area contributed by atoms with Gasteiger partial charge in [0, 0.05) is 18.9 Å². The van der Waals surface area contributed by atoms with Crippen molar-refractivity contribution in [3.63, 3.8) is 0 Å². The van der Waals surface area contributed by atoms with E-state index >= 15 is 0 Å². The van der Waals surface area contributed by atoms with Crippen LogP contribution in [0, 0.1) is 16.7 Å². The van der Waals surface area contributed by atoms with Crippen molar-refractivity contribution in [3.8, 4) is 0 Å². The molecule has 5 rings (SSSR count). The number of hydrogen-bond donors (Lipinski definition) is 1. The lowest BCUT2D eigenvalue weighted by Crippen LogP contribution is -2.43. The van der Waals surface area contributed by atoms with E-state index in [0.717, 1.165) is 43.0 Å². The molecule has 1 amide bonds. The molecular weight excluding hydrogens is 584 g/mol. The zero-order valence-corrected chi connectivity index (χ0v) is 24.0. The number of halogens is 5. The lowest BCUT2D eigenvalue weighted by molar-refractivity contribution is -0.147. The second-order valence-corrected chi connectivity index (χ2v) is 13.1. The molecule has 0 atom stereocenters. The normalized spacial score (nSPS) is 27.7. The van der Waals surface area contributed by atoms with Crippen LogP contribution in [0.2, 0.25) is 10.0 Å². The van der Waals surface area contributed by atoms with Gasteiger partial charge in [-0.1, -0.05) is 30.1 Å². The van der Waals surface area contributed by atoms with Gasteiger partial charge in [0.15, 0.2) is 11.5 Å². The lowest BCUT2D eigenvalue weighted by Gasteiger charge is -2.34. The molecule has 3 fully saturated rings. The molecule has 2 heterocycles. The predicted octanol–water partition coefficient (Wildman–Crippen LogP) is 6.72. The van der Waals surface area contributed by atoms with Crippen LogP contribution >= 0.6 is 23.2 Å². The first kappa shape index (κ1) is 29.8. The number of carbonyl (C=O) groups excluding carboxylic acids is 2. The highest BCUT2D eigenvalue weighted by Crippen LogP contribution is 2.61.